The number of rotatable bonds is 3. The molecule has 0 spiro atoms. The van der Waals surface area contributed by atoms with E-state index in [-0.39, 0.29) is 30.0 Å². The summed E-state index contributed by atoms with van der Waals surface area (Å²) >= 11 is 0. The van der Waals surface area contributed by atoms with Gasteiger partial charge in [0.05, 0.1) is 5.41 Å². The number of hydrogen-bond acceptors (Lipinski definition) is 3. The van der Waals surface area contributed by atoms with Crippen molar-refractivity contribution in [3.8, 4) is 11.1 Å². The number of hydrogen-bond donors (Lipinski definition) is 1. The van der Waals surface area contributed by atoms with Crippen LogP contribution in [0.4, 0.5) is 4.79 Å². The van der Waals surface area contributed by atoms with Gasteiger partial charge in [0.15, 0.2) is 0 Å². The van der Waals surface area contributed by atoms with Crippen molar-refractivity contribution in [1.82, 2.24) is 4.90 Å². The second kappa shape index (κ2) is 5.85. The molecule has 2 aliphatic heterocycles. The second-order valence-electron chi connectivity index (χ2n) is 8.99. The summed E-state index contributed by atoms with van der Waals surface area (Å²) in [5, 5.41) is 9.63. The molecule has 6 rings (SSSR count). The molecule has 2 heterocycles. The van der Waals surface area contributed by atoms with Crippen LogP contribution in [0.2, 0.25) is 0 Å². The fraction of sp³-hybridized carbons (Fsp3) is 0.417. The highest BCUT2D eigenvalue weighted by molar-refractivity contribution is 5.81. The maximum absolute atomic E-state index is 13.0. The first-order chi connectivity index (χ1) is 14.1. The van der Waals surface area contributed by atoms with E-state index < -0.39 is 11.4 Å². The molecule has 5 nitrogen and oxygen atoms in total. The van der Waals surface area contributed by atoms with E-state index in [4.69, 9.17) is 4.74 Å². The molecular weight excluding hydrogens is 366 g/mol. The second-order valence-corrected chi connectivity index (χ2v) is 8.99. The minimum Gasteiger partial charge on any atom is -0.481 e. The molecule has 29 heavy (non-hydrogen) atoms. The van der Waals surface area contributed by atoms with Crippen LogP contribution in [0.15, 0.2) is 48.5 Å². The van der Waals surface area contributed by atoms with E-state index in [0.717, 1.165) is 12.8 Å². The third-order valence-electron chi connectivity index (χ3n) is 7.72. The van der Waals surface area contributed by atoms with Crippen LogP contribution in [0.1, 0.15) is 42.7 Å². The fourth-order valence-corrected chi connectivity index (χ4v) is 6.29. The molecule has 2 aliphatic carbocycles. The Morgan fingerprint density at radius 2 is 1.66 bits per heavy atom. The van der Waals surface area contributed by atoms with Crippen LogP contribution in [0.25, 0.3) is 11.1 Å². The summed E-state index contributed by atoms with van der Waals surface area (Å²) in [6, 6.07) is 16.7. The smallest absolute Gasteiger partial charge is 0.410 e. The van der Waals surface area contributed by atoms with Crippen LogP contribution >= 0.6 is 0 Å². The highest BCUT2D eigenvalue weighted by atomic mass is 16.6. The Labute approximate surface area is 169 Å². The Kier molecular flexibility index (Phi) is 3.44. The van der Waals surface area contributed by atoms with Crippen molar-refractivity contribution >= 4 is 12.1 Å². The molecule has 5 heteroatoms. The van der Waals surface area contributed by atoms with Crippen LogP contribution in [0.5, 0.6) is 0 Å². The average molecular weight is 389 g/mol. The third-order valence-corrected chi connectivity index (χ3v) is 7.72. The largest absolute Gasteiger partial charge is 0.481 e. The van der Waals surface area contributed by atoms with E-state index in [1.807, 2.05) is 29.2 Å². The first-order valence-electron chi connectivity index (χ1n) is 10.5. The van der Waals surface area contributed by atoms with Crippen LogP contribution in [-0.4, -0.2) is 40.8 Å². The van der Waals surface area contributed by atoms with E-state index in [9.17, 15) is 14.7 Å². The summed E-state index contributed by atoms with van der Waals surface area (Å²) in [7, 11) is 0. The Morgan fingerprint density at radius 3 is 2.31 bits per heavy atom. The van der Waals surface area contributed by atoms with Gasteiger partial charge < -0.3 is 14.7 Å². The molecule has 2 aromatic carbocycles. The van der Waals surface area contributed by atoms with Gasteiger partial charge in [-0.15, -0.1) is 0 Å². The van der Waals surface area contributed by atoms with Crippen LogP contribution in [0, 0.1) is 11.3 Å². The number of carboxylic acids is 1. The number of benzene rings is 2. The van der Waals surface area contributed by atoms with Gasteiger partial charge in [0.2, 0.25) is 0 Å². The number of ether oxygens (including phenoxy) is 1. The predicted octanol–water partition coefficient (Wildman–Crippen LogP) is 4.26. The van der Waals surface area contributed by atoms with Gasteiger partial charge in [-0.25, -0.2) is 4.79 Å². The molecule has 148 valence electrons. The molecule has 3 fully saturated rings. The standard InChI is InChI=1S/C24H23NO4/c26-22(27)24-11-14-9-10-21(20(24)12-24)25(14)23(28)29-13-19-17-7-3-1-5-15(17)16-6-2-4-8-18(16)19/h1-8,14,19-21H,9-13H2,(H,26,27)/t14-,20+,21+,24-/m1/s1. The molecule has 1 saturated carbocycles. The predicted molar refractivity (Wildman–Crippen MR) is 107 cm³/mol. The van der Waals surface area contributed by atoms with Gasteiger partial charge in [-0.2, -0.15) is 0 Å². The average Bonchev–Trinajstić information content (AvgIpc) is 3.27. The van der Waals surface area contributed by atoms with Crippen molar-refractivity contribution in [2.45, 2.75) is 43.7 Å². The van der Waals surface area contributed by atoms with Gasteiger partial charge >= 0.3 is 12.1 Å². The molecule has 0 aromatic heterocycles. The van der Waals surface area contributed by atoms with Crippen molar-refractivity contribution in [3.05, 3.63) is 59.7 Å². The Balaban J connectivity index is 1.21. The molecule has 2 aromatic rings. The summed E-state index contributed by atoms with van der Waals surface area (Å²) in [6.07, 6.45) is 2.80. The minimum atomic E-state index is -0.688. The normalized spacial score (nSPS) is 31.0. The maximum Gasteiger partial charge on any atom is 0.410 e. The number of carbonyl (C=O) groups is 2. The van der Waals surface area contributed by atoms with Gasteiger partial charge in [0, 0.05) is 18.0 Å². The highest BCUT2D eigenvalue weighted by Crippen LogP contribution is 2.65. The zero-order valence-corrected chi connectivity index (χ0v) is 16.1. The number of amides is 1. The van der Waals surface area contributed by atoms with Crippen LogP contribution < -0.4 is 0 Å². The first kappa shape index (κ1) is 17.1. The van der Waals surface area contributed by atoms with Gasteiger partial charge in [-0.1, -0.05) is 48.5 Å². The molecule has 1 amide bonds. The summed E-state index contributed by atoms with van der Waals surface area (Å²) in [6.45, 7) is 0.317. The van der Waals surface area contributed by atoms with E-state index >= 15 is 0 Å². The fourth-order valence-electron chi connectivity index (χ4n) is 6.29. The topological polar surface area (TPSA) is 66.8 Å². The summed E-state index contributed by atoms with van der Waals surface area (Å²) in [5.41, 5.74) is 4.26. The van der Waals surface area contributed by atoms with Crippen LogP contribution in [0.3, 0.4) is 0 Å². The van der Waals surface area contributed by atoms with Crippen molar-refractivity contribution in [2.75, 3.05) is 6.61 Å². The quantitative estimate of drug-likeness (QED) is 0.852. The van der Waals surface area contributed by atoms with E-state index in [2.05, 4.69) is 24.3 Å². The number of aliphatic carboxylic acids is 1. The molecule has 0 radical (unpaired) electrons. The number of carboxylic acid groups (broad SMARTS) is 1. The lowest BCUT2D eigenvalue weighted by Crippen LogP contribution is -2.49. The SMILES string of the molecule is O=C(OCC1c2ccccc2-c2ccccc21)N1[C@@H]2CC[C@H]1[C@@H]1C[C@]1(C(=O)O)C2. The van der Waals surface area contributed by atoms with Gasteiger partial charge in [0.25, 0.3) is 0 Å². The third kappa shape index (κ3) is 2.27. The molecule has 4 atom stereocenters. The number of nitrogens with zero attached hydrogens (tertiary/aromatic N) is 1. The lowest BCUT2D eigenvalue weighted by Gasteiger charge is -2.36. The zero-order chi connectivity index (χ0) is 19.8. The molecule has 4 aliphatic rings. The lowest BCUT2D eigenvalue weighted by atomic mass is 9.90. The number of fused-ring (bicyclic) bond motifs is 7. The monoisotopic (exact) mass is 389 g/mol. The summed E-state index contributed by atoms with van der Waals surface area (Å²) in [5.74, 6) is -0.543. The lowest BCUT2D eigenvalue weighted by molar-refractivity contribution is -0.146. The molecular formula is C24H23NO4. The molecule has 0 unspecified atom stereocenters. The van der Waals surface area contributed by atoms with Gasteiger partial charge in [-0.3, -0.25) is 4.79 Å². The Hall–Kier alpha value is -2.82. The Bertz CT molecular complexity index is 988. The molecule has 2 bridgehead atoms. The van der Waals surface area contributed by atoms with E-state index in [1.165, 1.54) is 22.3 Å². The van der Waals surface area contributed by atoms with E-state index in [1.54, 1.807) is 0 Å². The summed E-state index contributed by atoms with van der Waals surface area (Å²) < 4.78 is 5.86. The van der Waals surface area contributed by atoms with Gasteiger partial charge in [0.1, 0.15) is 6.61 Å². The van der Waals surface area contributed by atoms with Crippen molar-refractivity contribution < 1.29 is 19.4 Å². The van der Waals surface area contributed by atoms with E-state index in [0.29, 0.717) is 19.4 Å². The van der Waals surface area contributed by atoms with Crippen molar-refractivity contribution in [3.63, 3.8) is 0 Å². The Morgan fingerprint density at radius 1 is 1.00 bits per heavy atom. The summed E-state index contributed by atoms with van der Waals surface area (Å²) in [4.78, 5) is 26.6. The van der Waals surface area contributed by atoms with Crippen molar-refractivity contribution in [2.24, 2.45) is 11.3 Å². The first-order valence-corrected chi connectivity index (χ1v) is 10.5. The van der Waals surface area contributed by atoms with Crippen molar-refractivity contribution in [1.29, 1.82) is 0 Å². The maximum atomic E-state index is 13.0. The highest BCUT2D eigenvalue weighted by Gasteiger charge is 2.70. The molecule has 2 saturated heterocycles. The number of piperidine rings is 1. The van der Waals surface area contributed by atoms with Crippen LogP contribution in [-0.2, 0) is 9.53 Å². The zero-order valence-electron chi connectivity index (χ0n) is 16.1. The van der Waals surface area contributed by atoms with Gasteiger partial charge in [-0.05, 0) is 53.9 Å². The number of carbonyl (C=O) groups excluding carboxylic acids is 1. The molecule has 1 N–H and O–H groups in total. The minimum absolute atomic E-state index is 0.00509.